The Kier molecular flexibility index (Phi) is 4.09. The lowest BCUT2D eigenvalue weighted by Crippen LogP contribution is -2.04. The van der Waals surface area contributed by atoms with E-state index in [9.17, 15) is 8.78 Å². The van der Waals surface area contributed by atoms with Gasteiger partial charge in [-0.3, -0.25) is 0 Å². The quantitative estimate of drug-likeness (QED) is 0.682. The lowest BCUT2D eigenvalue weighted by Gasteiger charge is -2.07. The Balaban J connectivity index is 2.06. The highest BCUT2D eigenvalue weighted by Gasteiger charge is 2.04. The zero-order valence-electron chi connectivity index (χ0n) is 9.65. The van der Waals surface area contributed by atoms with Crippen LogP contribution in [-0.4, -0.2) is 16.2 Å². The second-order valence-electron chi connectivity index (χ2n) is 3.53. The fraction of sp³-hybridized carbons (Fsp3) is 0.167. The van der Waals surface area contributed by atoms with E-state index in [0.29, 0.717) is 11.4 Å². The largest absolute Gasteiger partial charge is 0.366 e. The van der Waals surface area contributed by atoms with E-state index < -0.39 is 11.6 Å². The summed E-state index contributed by atoms with van der Waals surface area (Å²) in [6.45, 7) is 0.247. The van der Waals surface area contributed by atoms with Crippen LogP contribution < -0.4 is 5.32 Å². The molecule has 1 N–H and O–H groups in total. The first kappa shape index (κ1) is 12.8. The van der Waals surface area contributed by atoms with Crippen LogP contribution in [0.5, 0.6) is 0 Å². The van der Waals surface area contributed by atoms with Crippen molar-refractivity contribution in [2.75, 3.05) is 11.6 Å². The van der Waals surface area contributed by atoms with Crippen molar-refractivity contribution in [1.29, 1.82) is 0 Å². The fourth-order valence-electron chi connectivity index (χ4n) is 1.40. The first-order chi connectivity index (χ1) is 8.69. The third-order valence-corrected chi connectivity index (χ3v) is 2.97. The van der Waals surface area contributed by atoms with Gasteiger partial charge in [-0.05, 0) is 12.3 Å². The van der Waals surface area contributed by atoms with Gasteiger partial charge in [0.1, 0.15) is 28.8 Å². The summed E-state index contributed by atoms with van der Waals surface area (Å²) in [5.74, 6) is -0.539. The zero-order valence-corrected chi connectivity index (χ0v) is 10.5. The average molecular weight is 267 g/mol. The first-order valence-electron chi connectivity index (χ1n) is 5.23. The maximum absolute atomic E-state index is 13.4. The smallest absolute Gasteiger partial charge is 0.131 e. The van der Waals surface area contributed by atoms with Gasteiger partial charge in [-0.2, -0.15) is 0 Å². The number of benzene rings is 1. The van der Waals surface area contributed by atoms with Gasteiger partial charge < -0.3 is 5.32 Å². The molecule has 0 aliphatic carbocycles. The Labute approximate surface area is 108 Å². The van der Waals surface area contributed by atoms with Crippen molar-refractivity contribution in [2.45, 2.75) is 11.6 Å². The number of anilines is 1. The number of hydrogen-bond acceptors (Lipinski definition) is 4. The molecule has 0 saturated heterocycles. The number of thioether (sulfide) groups is 1. The lowest BCUT2D eigenvalue weighted by molar-refractivity contribution is 0.574. The predicted octanol–water partition coefficient (Wildman–Crippen LogP) is 3.09. The molecule has 18 heavy (non-hydrogen) atoms. The van der Waals surface area contributed by atoms with Crippen molar-refractivity contribution in [3.8, 4) is 0 Å². The normalized spacial score (nSPS) is 10.4. The summed E-state index contributed by atoms with van der Waals surface area (Å²) in [5, 5.41) is 3.80. The minimum atomic E-state index is -0.581. The molecule has 0 amide bonds. The number of rotatable bonds is 4. The molecule has 94 valence electrons. The minimum absolute atomic E-state index is 0.247. The van der Waals surface area contributed by atoms with E-state index >= 15 is 0 Å². The third kappa shape index (κ3) is 3.16. The molecule has 0 atom stereocenters. The van der Waals surface area contributed by atoms with Gasteiger partial charge >= 0.3 is 0 Å². The Morgan fingerprint density at radius 2 is 2.06 bits per heavy atom. The van der Waals surface area contributed by atoms with E-state index in [1.807, 2.05) is 6.26 Å². The van der Waals surface area contributed by atoms with Crippen molar-refractivity contribution < 1.29 is 8.78 Å². The molecule has 1 aromatic carbocycles. The number of halogens is 2. The standard InChI is InChI=1S/C12H11F2N3S/c1-18-12-5-11(16-7-17-12)15-6-8-2-3-9(13)4-10(8)14/h2-5,7H,6H2,1H3,(H,15,16,17). The van der Waals surface area contributed by atoms with E-state index in [1.54, 1.807) is 6.07 Å². The molecule has 2 aromatic rings. The molecule has 1 heterocycles. The summed E-state index contributed by atoms with van der Waals surface area (Å²) < 4.78 is 26.1. The van der Waals surface area contributed by atoms with Crippen molar-refractivity contribution in [3.05, 3.63) is 47.8 Å². The van der Waals surface area contributed by atoms with Crippen molar-refractivity contribution >= 4 is 17.6 Å². The molecule has 0 aliphatic heterocycles. The van der Waals surface area contributed by atoms with Crippen molar-refractivity contribution in [2.24, 2.45) is 0 Å². The molecule has 0 spiro atoms. The summed E-state index contributed by atoms with van der Waals surface area (Å²) >= 11 is 1.49. The molecule has 0 bridgehead atoms. The molecule has 6 heteroatoms. The van der Waals surface area contributed by atoms with Crippen LogP contribution in [0.2, 0.25) is 0 Å². The molecule has 1 aromatic heterocycles. The highest BCUT2D eigenvalue weighted by molar-refractivity contribution is 7.98. The van der Waals surface area contributed by atoms with Crippen LogP contribution in [0.1, 0.15) is 5.56 Å². The van der Waals surface area contributed by atoms with E-state index in [4.69, 9.17) is 0 Å². The highest BCUT2D eigenvalue weighted by Crippen LogP contribution is 2.15. The van der Waals surface area contributed by atoms with Crippen LogP contribution in [0.4, 0.5) is 14.6 Å². The first-order valence-corrected chi connectivity index (χ1v) is 6.45. The average Bonchev–Trinajstić information content (AvgIpc) is 2.38. The molecule has 0 saturated carbocycles. The topological polar surface area (TPSA) is 37.8 Å². The summed E-state index contributed by atoms with van der Waals surface area (Å²) in [6, 6.07) is 5.28. The van der Waals surface area contributed by atoms with E-state index in [-0.39, 0.29) is 6.54 Å². The Bertz CT molecular complexity index is 549. The van der Waals surface area contributed by atoms with Gasteiger partial charge in [-0.1, -0.05) is 6.07 Å². The Hall–Kier alpha value is -1.69. The zero-order chi connectivity index (χ0) is 13.0. The molecule has 0 aliphatic rings. The van der Waals surface area contributed by atoms with Gasteiger partial charge in [0.2, 0.25) is 0 Å². The summed E-state index contributed by atoms with van der Waals surface area (Å²) in [7, 11) is 0. The second-order valence-corrected chi connectivity index (χ2v) is 4.36. The molecule has 0 unspecified atom stereocenters. The predicted molar refractivity (Wildman–Crippen MR) is 67.5 cm³/mol. The van der Waals surface area contributed by atoms with Crippen LogP contribution in [0.15, 0.2) is 35.6 Å². The molecule has 0 fully saturated rings. The van der Waals surface area contributed by atoms with Crippen molar-refractivity contribution in [1.82, 2.24) is 9.97 Å². The number of hydrogen-bond donors (Lipinski definition) is 1. The van der Waals surface area contributed by atoms with Gasteiger partial charge in [0.05, 0.1) is 0 Å². The van der Waals surface area contributed by atoms with Gasteiger partial charge in [-0.25, -0.2) is 18.7 Å². The Morgan fingerprint density at radius 1 is 1.22 bits per heavy atom. The maximum Gasteiger partial charge on any atom is 0.131 e. The number of nitrogens with zero attached hydrogens (tertiary/aromatic N) is 2. The monoisotopic (exact) mass is 267 g/mol. The van der Waals surface area contributed by atoms with Gasteiger partial charge in [0, 0.05) is 24.2 Å². The summed E-state index contributed by atoms with van der Waals surface area (Å²) in [4.78, 5) is 8.05. The molecule has 0 radical (unpaired) electrons. The van der Waals surface area contributed by atoms with E-state index in [0.717, 1.165) is 11.1 Å². The van der Waals surface area contributed by atoms with Crippen LogP contribution in [0, 0.1) is 11.6 Å². The highest BCUT2D eigenvalue weighted by atomic mass is 32.2. The number of nitrogens with one attached hydrogen (secondary N) is 1. The van der Waals surface area contributed by atoms with Gasteiger partial charge in [0.25, 0.3) is 0 Å². The van der Waals surface area contributed by atoms with Crippen LogP contribution in [-0.2, 0) is 6.54 Å². The van der Waals surface area contributed by atoms with E-state index in [1.165, 1.54) is 30.2 Å². The molecule has 3 nitrogen and oxygen atoms in total. The van der Waals surface area contributed by atoms with Crippen LogP contribution in [0.25, 0.3) is 0 Å². The molecule has 2 rings (SSSR count). The fourth-order valence-corrected chi connectivity index (χ4v) is 1.78. The second kappa shape index (κ2) is 5.77. The SMILES string of the molecule is CSc1cc(NCc2ccc(F)cc2F)ncn1. The Morgan fingerprint density at radius 3 is 2.78 bits per heavy atom. The third-order valence-electron chi connectivity index (χ3n) is 2.33. The minimum Gasteiger partial charge on any atom is -0.366 e. The molecular formula is C12H11F2N3S. The van der Waals surface area contributed by atoms with Crippen molar-refractivity contribution in [3.63, 3.8) is 0 Å². The van der Waals surface area contributed by atoms with Gasteiger partial charge in [0.15, 0.2) is 0 Å². The molecular weight excluding hydrogens is 256 g/mol. The van der Waals surface area contributed by atoms with Crippen LogP contribution >= 0.6 is 11.8 Å². The van der Waals surface area contributed by atoms with Gasteiger partial charge in [-0.15, -0.1) is 11.8 Å². The van der Waals surface area contributed by atoms with Crippen LogP contribution in [0.3, 0.4) is 0 Å². The number of aromatic nitrogens is 2. The van der Waals surface area contributed by atoms with E-state index in [2.05, 4.69) is 15.3 Å². The lowest BCUT2D eigenvalue weighted by atomic mass is 10.2. The summed E-state index contributed by atoms with van der Waals surface area (Å²) in [5.41, 5.74) is 0.390. The maximum atomic E-state index is 13.4. The summed E-state index contributed by atoms with van der Waals surface area (Å²) in [6.07, 6.45) is 3.35.